The van der Waals surface area contributed by atoms with Crippen LogP contribution in [-0.4, -0.2) is 40.0 Å². The predicted octanol–water partition coefficient (Wildman–Crippen LogP) is 0.300. The molecule has 0 bridgehead atoms. The molecule has 74 valence electrons. The minimum absolute atomic E-state index is 0.120. The molecule has 0 saturated carbocycles. The van der Waals surface area contributed by atoms with Crippen LogP contribution in [0, 0.1) is 5.92 Å². The average molecular weight is 212 g/mol. The highest BCUT2D eigenvalue weighted by atomic mass is 32.1. The zero-order valence-electron chi connectivity index (χ0n) is 7.21. The zero-order chi connectivity index (χ0) is 10.1. The van der Waals surface area contributed by atoms with Crippen molar-refractivity contribution in [1.82, 2.24) is 9.88 Å². The molecule has 1 saturated heterocycles. The van der Waals surface area contributed by atoms with E-state index in [2.05, 4.69) is 4.98 Å². The molecule has 0 atom stereocenters. The summed E-state index contributed by atoms with van der Waals surface area (Å²) in [7, 11) is 0. The van der Waals surface area contributed by atoms with Crippen LogP contribution >= 0.6 is 11.3 Å². The van der Waals surface area contributed by atoms with Crippen LogP contribution in [0.5, 0.6) is 0 Å². The molecule has 1 aromatic heterocycles. The third-order valence-electron chi connectivity index (χ3n) is 2.16. The Kier molecular flexibility index (Phi) is 2.20. The minimum atomic E-state index is -0.835. The van der Waals surface area contributed by atoms with E-state index in [1.54, 1.807) is 5.51 Å². The second-order valence-corrected chi connectivity index (χ2v) is 4.00. The van der Waals surface area contributed by atoms with Crippen molar-refractivity contribution in [2.75, 3.05) is 13.1 Å². The van der Waals surface area contributed by atoms with Gasteiger partial charge in [-0.3, -0.25) is 14.6 Å². The quantitative estimate of drug-likeness (QED) is 0.765. The molecule has 1 aliphatic heterocycles. The van der Waals surface area contributed by atoms with Gasteiger partial charge in [-0.1, -0.05) is 0 Å². The summed E-state index contributed by atoms with van der Waals surface area (Å²) in [4.78, 5) is 27.9. The molecule has 14 heavy (non-hydrogen) atoms. The number of nitrogens with zero attached hydrogens (tertiary/aromatic N) is 2. The summed E-state index contributed by atoms with van der Waals surface area (Å²) < 4.78 is 0. The molecule has 1 N–H and O–H groups in total. The highest BCUT2D eigenvalue weighted by Gasteiger charge is 2.36. The average Bonchev–Trinajstić information content (AvgIpc) is 2.51. The molecule has 0 aromatic carbocycles. The number of carboxylic acids is 1. The summed E-state index contributed by atoms with van der Waals surface area (Å²) in [6, 6.07) is 0. The Hall–Kier alpha value is -1.43. The fourth-order valence-electron chi connectivity index (χ4n) is 1.28. The van der Waals surface area contributed by atoms with Gasteiger partial charge in [-0.15, -0.1) is 11.3 Å². The summed E-state index contributed by atoms with van der Waals surface area (Å²) >= 11 is 1.27. The van der Waals surface area contributed by atoms with Crippen LogP contribution in [0.2, 0.25) is 0 Å². The van der Waals surface area contributed by atoms with E-state index in [0.717, 1.165) is 0 Å². The fraction of sp³-hybridized carbons (Fsp3) is 0.375. The monoisotopic (exact) mass is 212 g/mol. The van der Waals surface area contributed by atoms with E-state index >= 15 is 0 Å². The largest absolute Gasteiger partial charge is 0.481 e. The van der Waals surface area contributed by atoms with Crippen molar-refractivity contribution in [3.63, 3.8) is 0 Å². The second kappa shape index (κ2) is 3.38. The van der Waals surface area contributed by atoms with Gasteiger partial charge in [0.15, 0.2) is 0 Å². The fourth-order valence-corrected chi connectivity index (χ4v) is 1.86. The Morgan fingerprint density at radius 3 is 2.79 bits per heavy atom. The maximum absolute atomic E-state index is 11.6. The van der Waals surface area contributed by atoms with Crippen molar-refractivity contribution in [1.29, 1.82) is 0 Å². The molecule has 6 heteroatoms. The van der Waals surface area contributed by atoms with Gasteiger partial charge in [0.2, 0.25) is 0 Å². The lowest BCUT2D eigenvalue weighted by atomic mass is 10.0. The number of rotatable bonds is 2. The molecule has 1 aromatic rings. The standard InChI is InChI=1S/C8H8N2O3S/c11-7(6-1-9-4-14-6)10-2-5(3-10)8(12)13/h1,4-5H,2-3H2,(H,12,13). The smallest absolute Gasteiger partial charge is 0.310 e. The van der Waals surface area contributed by atoms with E-state index in [1.165, 1.54) is 22.4 Å². The number of carboxylic acid groups (broad SMARTS) is 1. The number of hydrogen-bond donors (Lipinski definition) is 1. The van der Waals surface area contributed by atoms with Gasteiger partial charge in [0.05, 0.1) is 17.6 Å². The first-order chi connectivity index (χ1) is 6.68. The molecule has 0 spiro atoms. The molecule has 0 radical (unpaired) electrons. The van der Waals surface area contributed by atoms with E-state index in [0.29, 0.717) is 18.0 Å². The first-order valence-electron chi connectivity index (χ1n) is 4.09. The lowest BCUT2D eigenvalue weighted by Gasteiger charge is -2.36. The van der Waals surface area contributed by atoms with Gasteiger partial charge in [0.25, 0.3) is 5.91 Å². The van der Waals surface area contributed by atoms with Crippen LogP contribution in [0.4, 0.5) is 0 Å². The van der Waals surface area contributed by atoms with E-state index in [9.17, 15) is 9.59 Å². The normalized spacial score (nSPS) is 16.4. The van der Waals surface area contributed by atoms with Gasteiger partial charge in [0, 0.05) is 13.1 Å². The number of carbonyl (C=O) groups is 2. The Labute approximate surface area is 84.0 Å². The molecule has 1 fully saturated rings. The highest BCUT2D eigenvalue weighted by Crippen LogP contribution is 2.20. The lowest BCUT2D eigenvalue weighted by molar-refractivity contribution is -0.146. The number of likely N-dealkylation sites (tertiary alicyclic amines) is 1. The van der Waals surface area contributed by atoms with Crippen LogP contribution < -0.4 is 0 Å². The molecule has 0 aliphatic carbocycles. The van der Waals surface area contributed by atoms with Crippen LogP contribution in [0.25, 0.3) is 0 Å². The minimum Gasteiger partial charge on any atom is -0.481 e. The van der Waals surface area contributed by atoms with Crippen molar-refractivity contribution in [2.45, 2.75) is 0 Å². The predicted molar refractivity (Wildman–Crippen MR) is 49.1 cm³/mol. The molecular formula is C8H8N2O3S. The van der Waals surface area contributed by atoms with Crippen molar-refractivity contribution in [3.8, 4) is 0 Å². The van der Waals surface area contributed by atoms with Crippen LogP contribution in [0.15, 0.2) is 11.7 Å². The summed E-state index contributed by atoms with van der Waals surface area (Å²) in [6.45, 7) is 0.623. The van der Waals surface area contributed by atoms with Gasteiger partial charge >= 0.3 is 5.97 Å². The summed E-state index contributed by atoms with van der Waals surface area (Å²) in [5.41, 5.74) is 1.59. The number of hydrogen-bond acceptors (Lipinski definition) is 4. The molecule has 2 rings (SSSR count). The topological polar surface area (TPSA) is 70.5 Å². The summed E-state index contributed by atoms with van der Waals surface area (Å²) in [5, 5.41) is 8.62. The van der Waals surface area contributed by atoms with Gasteiger partial charge in [0.1, 0.15) is 4.88 Å². The van der Waals surface area contributed by atoms with E-state index < -0.39 is 11.9 Å². The van der Waals surface area contributed by atoms with Crippen molar-refractivity contribution in [3.05, 3.63) is 16.6 Å². The number of thiazole rings is 1. The van der Waals surface area contributed by atoms with Crippen molar-refractivity contribution < 1.29 is 14.7 Å². The van der Waals surface area contributed by atoms with E-state index in [1.807, 2.05) is 0 Å². The van der Waals surface area contributed by atoms with E-state index in [4.69, 9.17) is 5.11 Å². The highest BCUT2D eigenvalue weighted by molar-refractivity contribution is 7.11. The van der Waals surface area contributed by atoms with Gasteiger partial charge in [-0.2, -0.15) is 0 Å². The van der Waals surface area contributed by atoms with Crippen LogP contribution in [0.1, 0.15) is 9.67 Å². The third-order valence-corrected chi connectivity index (χ3v) is 2.92. The van der Waals surface area contributed by atoms with Crippen molar-refractivity contribution in [2.24, 2.45) is 5.92 Å². The maximum atomic E-state index is 11.6. The van der Waals surface area contributed by atoms with Gasteiger partial charge in [-0.05, 0) is 0 Å². The molecule has 1 amide bonds. The first-order valence-corrected chi connectivity index (χ1v) is 4.97. The number of amides is 1. The summed E-state index contributed by atoms with van der Waals surface area (Å²) in [5.74, 6) is -1.35. The lowest BCUT2D eigenvalue weighted by Crippen LogP contribution is -2.52. The number of aromatic nitrogens is 1. The Morgan fingerprint density at radius 2 is 2.29 bits per heavy atom. The number of carbonyl (C=O) groups excluding carboxylic acids is 1. The molecule has 2 heterocycles. The Bertz CT molecular complexity index is 357. The maximum Gasteiger partial charge on any atom is 0.310 e. The number of aliphatic carboxylic acids is 1. The van der Waals surface area contributed by atoms with Crippen molar-refractivity contribution >= 4 is 23.2 Å². The molecule has 1 aliphatic rings. The SMILES string of the molecule is O=C(O)C1CN(C(=O)c2cncs2)C1. The van der Waals surface area contributed by atoms with Crippen LogP contribution in [0.3, 0.4) is 0 Å². The van der Waals surface area contributed by atoms with E-state index in [-0.39, 0.29) is 5.91 Å². The Morgan fingerprint density at radius 1 is 1.57 bits per heavy atom. The van der Waals surface area contributed by atoms with Gasteiger partial charge in [-0.25, -0.2) is 0 Å². The molecule has 0 unspecified atom stereocenters. The summed E-state index contributed by atoms with van der Waals surface area (Å²) in [6.07, 6.45) is 1.50. The Balaban J connectivity index is 1.95. The zero-order valence-corrected chi connectivity index (χ0v) is 8.03. The molecular weight excluding hydrogens is 204 g/mol. The third kappa shape index (κ3) is 1.48. The first kappa shape index (κ1) is 9.14. The van der Waals surface area contributed by atoms with Crippen LogP contribution in [-0.2, 0) is 4.79 Å². The molecule has 5 nitrogen and oxygen atoms in total. The second-order valence-electron chi connectivity index (χ2n) is 3.11. The van der Waals surface area contributed by atoms with Gasteiger partial charge < -0.3 is 10.0 Å².